The summed E-state index contributed by atoms with van der Waals surface area (Å²) in [6.45, 7) is 15.0. The fraction of sp³-hybridized carbons (Fsp3) is 0.627. The van der Waals surface area contributed by atoms with Crippen molar-refractivity contribution in [1.29, 1.82) is 0 Å². The summed E-state index contributed by atoms with van der Waals surface area (Å²) in [4.78, 5) is 203. The quantitative estimate of drug-likeness (QED) is 0.0181. The minimum atomic E-state index is -1.83. The first-order chi connectivity index (χ1) is 53.2. The molecule has 0 heterocycles. The zero-order valence-electron chi connectivity index (χ0n) is 66.6. The van der Waals surface area contributed by atoms with Gasteiger partial charge in [0.05, 0.1) is 19.3 Å². The summed E-state index contributed by atoms with van der Waals surface area (Å²) in [7, 11) is 0. The second-order valence-electron chi connectivity index (χ2n) is 29.4. The van der Waals surface area contributed by atoms with Gasteiger partial charge in [0.15, 0.2) is 11.9 Å². The molecule has 0 bridgehead atoms. The number of nitrogens with two attached hydrogens (primary N) is 5. The van der Waals surface area contributed by atoms with Gasteiger partial charge >= 0.3 is 11.9 Å². The number of hydrogen-bond donors (Lipinski definition) is 21. The third kappa shape index (κ3) is 38.2. The number of nitrogens with one attached hydrogen (secondary N) is 12. The van der Waals surface area contributed by atoms with Crippen LogP contribution in [0.2, 0.25) is 0 Å². The average molecular weight is 1610 g/mol. The van der Waals surface area contributed by atoms with E-state index in [0.29, 0.717) is 16.9 Å². The highest BCUT2D eigenvalue weighted by molar-refractivity contribution is 7.98. The molecular formula is C75H123N19O18S. The number of carboxylic acids is 2. The molecule has 0 spiro atoms. The summed E-state index contributed by atoms with van der Waals surface area (Å²) in [5, 5.41) is 71.5. The lowest BCUT2D eigenvalue weighted by molar-refractivity contribution is -0.142. The van der Waals surface area contributed by atoms with E-state index in [2.05, 4.69) is 73.8 Å². The van der Waals surface area contributed by atoms with Crippen LogP contribution in [0.1, 0.15) is 151 Å². The van der Waals surface area contributed by atoms with Gasteiger partial charge in [0, 0.05) is 32.4 Å². The van der Waals surface area contributed by atoms with Crippen molar-refractivity contribution in [2.45, 2.75) is 231 Å². The Hall–Kier alpha value is -10.2. The van der Waals surface area contributed by atoms with Crippen molar-refractivity contribution in [3.05, 3.63) is 71.8 Å². The molecule has 2 rings (SSSR count). The van der Waals surface area contributed by atoms with Crippen LogP contribution in [0.15, 0.2) is 70.6 Å². The zero-order valence-corrected chi connectivity index (χ0v) is 67.4. The molecule has 26 N–H and O–H groups in total. The molecule has 113 heavy (non-hydrogen) atoms. The van der Waals surface area contributed by atoms with Gasteiger partial charge in [0.2, 0.25) is 70.9 Å². The predicted octanol–water partition coefficient (Wildman–Crippen LogP) is -2.75. The number of aliphatic hydroxyl groups is 2. The maximum absolute atomic E-state index is 14.8. The summed E-state index contributed by atoms with van der Waals surface area (Å²) in [5.41, 5.74) is 29.4. The summed E-state index contributed by atoms with van der Waals surface area (Å²) in [6.07, 6.45) is 0.655. The number of rotatable bonds is 54. The second-order valence-corrected chi connectivity index (χ2v) is 30.4. The Bertz CT molecular complexity index is 3480. The molecular weight excluding hydrogens is 1490 g/mol. The Morgan fingerprint density at radius 1 is 0.398 bits per heavy atom. The predicted molar refractivity (Wildman–Crippen MR) is 426 cm³/mol. The summed E-state index contributed by atoms with van der Waals surface area (Å²) >= 11 is 1.38. The van der Waals surface area contributed by atoms with Crippen LogP contribution < -0.4 is 92.5 Å². The van der Waals surface area contributed by atoms with Crippen LogP contribution in [0.25, 0.3) is 0 Å². The first-order valence-electron chi connectivity index (χ1n) is 38.0. The van der Waals surface area contributed by atoms with Crippen molar-refractivity contribution in [2.75, 3.05) is 38.3 Å². The fourth-order valence-electron chi connectivity index (χ4n) is 11.6. The van der Waals surface area contributed by atoms with Crippen LogP contribution in [-0.4, -0.2) is 232 Å². The van der Waals surface area contributed by atoms with Crippen LogP contribution >= 0.6 is 11.8 Å². The monoisotopic (exact) mass is 1610 g/mol. The highest BCUT2D eigenvalue weighted by atomic mass is 32.2. The smallest absolute Gasteiger partial charge is 0.326 e. The van der Waals surface area contributed by atoms with E-state index >= 15 is 0 Å². The van der Waals surface area contributed by atoms with E-state index in [9.17, 15) is 87.5 Å². The highest BCUT2D eigenvalue weighted by Gasteiger charge is 2.39. The first-order valence-corrected chi connectivity index (χ1v) is 39.4. The van der Waals surface area contributed by atoms with Crippen LogP contribution in [0.5, 0.6) is 0 Å². The van der Waals surface area contributed by atoms with Crippen LogP contribution in [0.3, 0.4) is 0 Å². The third-order valence-electron chi connectivity index (χ3n) is 17.9. The van der Waals surface area contributed by atoms with Gasteiger partial charge < -0.3 is 113 Å². The average Bonchev–Trinajstić information content (AvgIpc) is 0.845. The van der Waals surface area contributed by atoms with Gasteiger partial charge in [0.1, 0.15) is 72.5 Å². The minimum absolute atomic E-state index is 0.0159. The molecule has 0 aliphatic heterocycles. The molecule has 632 valence electrons. The van der Waals surface area contributed by atoms with Crippen LogP contribution in [0, 0.1) is 29.6 Å². The Labute approximate surface area is 664 Å². The van der Waals surface area contributed by atoms with Crippen LogP contribution in [0.4, 0.5) is 0 Å². The fourth-order valence-corrected chi connectivity index (χ4v) is 12.0. The molecule has 0 saturated heterocycles. The zero-order chi connectivity index (χ0) is 85.2. The van der Waals surface area contributed by atoms with Gasteiger partial charge in [-0.15, -0.1) is 0 Å². The molecule has 2 aromatic carbocycles. The maximum Gasteiger partial charge on any atom is 0.326 e. The summed E-state index contributed by atoms with van der Waals surface area (Å²) in [6, 6.07) is -2.19. The van der Waals surface area contributed by atoms with Crippen LogP contribution in [-0.2, 0) is 80.0 Å². The standard InChI is InChI=1S/C75H123N19O18S/c1-12-44(10)60(94-70(108)57(39-96)92-63(101)50(27-28-58(97)98)83-61(99)47(76)33-40(2)3)72(110)90-55(37-46-23-17-14-18-24-46)68(106)84-48(25-19-30-81-74(77)78)62(100)91-56(38-95)69(107)88-53(35-42(6)7)65(103)87-52(34-41(4)5)66(104)89-54(36-45-21-15-13-16-22-45)67(105)85-49(26-20-31-82-75(79)80)64(102)93-59(43(8)9)71(109)86-51(73(111)112)29-32-113-11/h13-18,21-24,40-44,47-57,59-60,95-96H,12,19-20,25-39,76H2,1-11H3,(H,83,99)(H,84,106)(H,85,105)(H,86,109)(H,87,103)(H,88,107)(H,89,104)(H,90,110)(H,91,100)(H,92,101)(H,93,102)(H,94,108)(H,97,98)(H,111,112)(H4,77,78,81)(H4,79,80,82). The third-order valence-corrected chi connectivity index (χ3v) is 18.6. The van der Waals surface area contributed by atoms with Gasteiger partial charge in [-0.05, 0) is 111 Å². The number of aliphatic carboxylic acids is 2. The molecule has 14 unspecified atom stereocenters. The Balaban J connectivity index is 2.59. The van der Waals surface area contributed by atoms with E-state index in [1.807, 2.05) is 13.8 Å². The lowest BCUT2D eigenvalue weighted by Gasteiger charge is -2.30. The Morgan fingerprint density at radius 2 is 0.726 bits per heavy atom. The van der Waals surface area contributed by atoms with Gasteiger partial charge in [-0.25, -0.2) is 4.79 Å². The molecule has 0 saturated carbocycles. The van der Waals surface area contributed by atoms with Gasteiger partial charge in [0.25, 0.3) is 0 Å². The van der Waals surface area contributed by atoms with Gasteiger partial charge in [-0.3, -0.25) is 72.3 Å². The SMILES string of the molecule is CCC(C)C(NC(=O)C(CO)NC(=O)C(CCC(=O)O)NC(=O)C(N)CC(C)C)C(=O)NC(Cc1ccccc1)C(=O)NC(CCCN=C(N)N)C(=O)NC(CO)C(=O)NC(CC(C)C)C(=O)NC(CC(C)C)C(=O)NC(Cc1ccccc1)C(=O)NC(CCCN=C(N)N)C(=O)NC(C(=O)NC(CCSC)C(=O)O)C(C)C. The maximum atomic E-state index is 14.8. The minimum Gasteiger partial charge on any atom is -0.481 e. The molecule has 14 atom stereocenters. The summed E-state index contributed by atoms with van der Waals surface area (Å²) in [5.74, 6) is -15.8. The van der Waals surface area contributed by atoms with Crippen molar-refractivity contribution in [3.63, 3.8) is 0 Å². The number of carboxylic acid groups (broad SMARTS) is 2. The first kappa shape index (κ1) is 98.9. The number of carbonyl (C=O) groups excluding carboxylic acids is 12. The molecule has 0 aromatic heterocycles. The van der Waals surface area contributed by atoms with E-state index in [1.54, 1.807) is 122 Å². The van der Waals surface area contributed by atoms with Crippen molar-refractivity contribution in [2.24, 2.45) is 68.2 Å². The molecule has 12 amide bonds. The number of aliphatic imine (C=N–C) groups is 2. The number of nitrogens with zero attached hydrogens (tertiary/aromatic N) is 2. The molecule has 0 aliphatic rings. The Kier molecular flexibility index (Phi) is 45.6. The number of carbonyl (C=O) groups is 14. The lowest BCUT2D eigenvalue weighted by atomic mass is 9.96. The molecule has 37 nitrogen and oxygen atoms in total. The number of aliphatic hydroxyl groups excluding tert-OH is 2. The lowest BCUT2D eigenvalue weighted by Crippen LogP contribution is -2.62. The number of amides is 12. The topological polar surface area (TPSA) is 619 Å². The number of benzene rings is 2. The number of guanidine groups is 2. The number of hydrogen-bond acceptors (Lipinski definition) is 20. The van der Waals surface area contributed by atoms with Gasteiger partial charge in [-0.1, -0.05) is 136 Å². The largest absolute Gasteiger partial charge is 0.481 e. The van der Waals surface area contributed by atoms with Gasteiger partial charge in [-0.2, -0.15) is 11.8 Å². The molecule has 0 radical (unpaired) electrons. The molecule has 38 heteroatoms. The van der Waals surface area contributed by atoms with E-state index in [-0.39, 0.29) is 113 Å². The van der Waals surface area contributed by atoms with Crippen molar-refractivity contribution < 1.29 is 87.5 Å². The second kappa shape index (κ2) is 52.2. The highest BCUT2D eigenvalue weighted by Crippen LogP contribution is 2.17. The Morgan fingerprint density at radius 3 is 1.11 bits per heavy atom. The van der Waals surface area contributed by atoms with E-state index < -0.39 is 199 Å². The van der Waals surface area contributed by atoms with E-state index in [4.69, 9.17) is 28.7 Å². The van der Waals surface area contributed by atoms with Crippen molar-refractivity contribution in [3.8, 4) is 0 Å². The van der Waals surface area contributed by atoms with E-state index in [0.717, 1.165) is 0 Å². The van der Waals surface area contributed by atoms with Crippen molar-refractivity contribution >= 4 is 107 Å². The van der Waals surface area contributed by atoms with Crippen molar-refractivity contribution in [1.82, 2.24) is 63.8 Å². The molecule has 2 aromatic rings. The molecule has 0 aliphatic carbocycles. The number of thioether (sulfide) groups is 1. The molecule has 0 fully saturated rings. The summed E-state index contributed by atoms with van der Waals surface area (Å²) < 4.78 is 0. The van der Waals surface area contributed by atoms with E-state index in [1.165, 1.54) is 11.8 Å². The normalized spacial score (nSPS) is 15.0.